The van der Waals surface area contributed by atoms with Gasteiger partial charge in [0.2, 0.25) is 5.95 Å². The number of hydrogen-bond acceptors (Lipinski definition) is 4. The zero-order chi connectivity index (χ0) is 14.1. The van der Waals surface area contributed by atoms with E-state index in [2.05, 4.69) is 20.1 Å². The minimum Gasteiger partial charge on any atom is -0.338 e. The van der Waals surface area contributed by atoms with Crippen molar-refractivity contribution >= 4 is 17.5 Å². The van der Waals surface area contributed by atoms with Gasteiger partial charge in [-0.2, -0.15) is 4.98 Å². The number of benzene rings is 1. The first-order chi connectivity index (χ1) is 9.63. The van der Waals surface area contributed by atoms with Gasteiger partial charge >= 0.3 is 0 Å². The van der Waals surface area contributed by atoms with E-state index < -0.39 is 0 Å². The molecule has 0 bridgehead atoms. The Balaban J connectivity index is 1.84. The summed E-state index contributed by atoms with van der Waals surface area (Å²) in [6, 6.07) is 6.09. The zero-order valence-corrected chi connectivity index (χ0v) is 12.2. The van der Waals surface area contributed by atoms with Crippen LogP contribution in [0.2, 0.25) is 5.02 Å². The summed E-state index contributed by atoms with van der Waals surface area (Å²) in [4.78, 5) is 6.68. The number of rotatable bonds is 2. The van der Waals surface area contributed by atoms with E-state index in [9.17, 15) is 0 Å². The predicted molar refractivity (Wildman–Crippen MR) is 81.0 cm³/mol. The van der Waals surface area contributed by atoms with Crippen LogP contribution in [0.4, 0.5) is 5.95 Å². The molecule has 1 unspecified atom stereocenters. The third-order valence-corrected chi connectivity index (χ3v) is 4.07. The van der Waals surface area contributed by atoms with E-state index in [0.717, 1.165) is 47.9 Å². The second-order valence-electron chi connectivity index (χ2n) is 5.30. The lowest BCUT2D eigenvalue weighted by Gasteiger charge is -2.29. The van der Waals surface area contributed by atoms with Crippen LogP contribution in [-0.4, -0.2) is 34.3 Å². The van der Waals surface area contributed by atoms with Crippen molar-refractivity contribution in [2.45, 2.75) is 25.8 Å². The molecule has 1 aliphatic rings. The number of anilines is 1. The summed E-state index contributed by atoms with van der Waals surface area (Å²) in [5.41, 5.74) is 7.99. The van der Waals surface area contributed by atoms with Crippen LogP contribution >= 0.6 is 11.6 Å². The first-order valence-electron chi connectivity index (χ1n) is 6.83. The fraction of sp³-hybridized carbons (Fsp3) is 0.429. The van der Waals surface area contributed by atoms with Gasteiger partial charge in [-0.3, -0.25) is 5.10 Å². The lowest BCUT2D eigenvalue weighted by atomic mass is 10.1. The molecule has 3 N–H and O–H groups in total. The Bertz CT molecular complexity index is 609. The van der Waals surface area contributed by atoms with Crippen molar-refractivity contribution in [3.05, 3.63) is 28.8 Å². The Kier molecular flexibility index (Phi) is 3.63. The smallest absolute Gasteiger partial charge is 0.245 e. The first-order valence-corrected chi connectivity index (χ1v) is 7.21. The highest BCUT2D eigenvalue weighted by Gasteiger charge is 2.20. The third-order valence-electron chi connectivity index (χ3n) is 3.66. The van der Waals surface area contributed by atoms with E-state index in [-0.39, 0.29) is 6.04 Å². The number of H-pyrrole nitrogens is 1. The van der Waals surface area contributed by atoms with Gasteiger partial charge in [-0.1, -0.05) is 23.7 Å². The molecule has 0 spiro atoms. The van der Waals surface area contributed by atoms with Crippen LogP contribution in [0, 0.1) is 6.92 Å². The quantitative estimate of drug-likeness (QED) is 0.891. The Hall–Kier alpha value is -1.59. The van der Waals surface area contributed by atoms with E-state index in [1.807, 2.05) is 25.1 Å². The van der Waals surface area contributed by atoms with Crippen LogP contribution < -0.4 is 10.6 Å². The highest BCUT2D eigenvalue weighted by molar-refractivity contribution is 6.31. The monoisotopic (exact) mass is 291 g/mol. The van der Waals surface area contributed by atoms with Crippen LogP contribution in [0.3, 0.4) is 0 Å². The average Bonchev–Trinajstić information content (AvgIpc) is 2.92. The third kappa shape index (κ3) is 2.64. The van der Waals surface area contributed by atoms with Gasteiger partial charge in [-0.15, -0.1) is 5.10 Å². The number of aryl methyl sites for hydroxylation is 1. The number of hydrogen-bond donors (Lipinski definition) is 2. The molecular weight excluding hydrogens is 274 g/mol. The van der Waals surface area contributed by atoms with Crippen molar-refractivity contribution in [2.75, 3.05) is 18.0 Å². The van der Waals surface area contributed by atoms with Gasteiger partial charge in [0.1, 0.15) is 0 Å². The fourth-order valence-corrected chi connectivity index (χ4v) is 2.64. The van der Waals surface area contributed by atoms with Crippen molar-refractivity contribution in [1.82, 2.24) is 15.2 Å². The van der Waals surface area contributed by atoms with E-state index >= 15 is 0 Å². The van der Waals surface area contributed by atoms with Gasteiger partial charge in [0.15, 0.2) is 5.82 Å². The Morgan fingerprint density at radius 2 is 2.30 bits per heavy atom. The van der Waals surface area contributed by atoms with E-state index in [1.165, 1.54) is 0 Å². The molecule has 1 aromatic carbocycles. The maximum atomic E-state index is 6.15. The average molecular weight is 292 g/mol. The molecule has 0 amide bonds. The summed E-state index contributed by atoms with van der Waals surface area (Å²) in [5, 5.41) is 8.01. The molecule has 20 heavy (non-hydrogen) atoms. The lowest BCUT2D eigenvalue weighted by molar-refractivity contribution is 0.500. The summed E-state index contributed by atoms with van der Waals surface area (Å²) in [7, 11) is 0. The molecule has 0 radical (unpaired) electrons. The number of piperidine rings is 1. The number of nitrogens with two attached hydrogens (primary N) is 1. The summed E-state index contributed by atoms with van der Waals surface area (Å²) in [5.74, 6) is 1.45. The molecular formula is C14H18ClN5. The highest BCUT2D eigenvalue weighted by Crippen LogP contribution is 2.24. The van der Waals surface area contributed by atoms with Gasteiger partial charge in [0.05, 0.1) is 0 Å². The van der Waals surface area contributed by atoms with Crippen molar-refractivity contribution in [2.24, 2.45) is 5.73 Å². The second-order valence-corrected chi connectivity index (χ2v) is 5.70. The van der Waals surface area contributed by atoms with Crippen LogP contribution in [0.15, 0.2) is 18.2 Å². The fourth-order valence-electron chi connectivity index (χ4n) is 2.46. The molecule has 1 aliphatic heterocycles. The topological polar surface area (TPSA) is 70.8 Å². The number of aromatic amines is 1. The van der Waals surface area contributed by atoms with Crippen LogP contribution in [-0.2, 0) is 0 Å². The van der Waals surface area contributed by atoms with Crippen LogP contribution in [0.5, 0.6) is 0 Å². The van der Waals surface area contributed by atoms with Gasteiger partial charge in [-0.25, -0.2) is 0 Å². The van der Waals surface area contributed by atoms with Crippen molar-refractivity contribution in [3.63, 3.8) is 0 Å². The standard InChI is InChI=1S/C14H18ClN5/c1-9-4-5-10(7-12(9)15)13-17-14(19-18-13)20-6-2-3-11(16)8-20/h4-5,7,11H,2-3,6,8,16H2,1H3,(H,17,18,19). The molecule has 106 valence electrons. The largest absolute Gasteiger partial charge is 0.338 e. The summed E-state index contributed by atoms with van der Waals surface area (Å²) in [6.07, 6.45) is 2.16. The molecule has 3 rings (SSSR count). The number of nitrogens with one attached hydrogen (secondary N) is 1. The van der Waals surface area contributed by atoms with Gasteiger partial charge in [0, 0.05) is 29.7 Å². The summed E-state index contributed by atoms with van der Waals surface area (Å²) in [6.45, 7) is 3.75. The predicted octanol–water partition coefficient (Wildman–Crippen LogP) is 2.36. The molecule has 1 aromatic heterocycles. The second kappa shape index (κ2) is 5.42. The highest BCUT2D eigenvalue weighted by atomic mass is 35.5. The van der Waals surface area contributed by atoms with Crippen LogP contribution in [0.25, 0.3) is 11.4 Å². The molecule has 1 fully saturated rings. The van der Waals surface area contributed by atoms with Crippen molar-refractivity contribution in [1.29, 1.82) is 0 Å². The van der Waals surface area contributed by atoms with Crippen LogP contribution in [0.1, 0.15) is 18.4 Å². The zero-order valence-electron chi connectivity index (χ0n) is 11.4. The van der Waals surface area contributed by atoms with E-state index in [4.69, 9.17) is 17.3 Å². The van der Waals surface area contributed by atoms with Gasteiger partial charge in [0.25, 0.3) is 0 Å². The minimum absolute atomic E-state index is 0.208. The SMILES string of the molecule is Cc1ccc(-c2nc(N3CCCC(N)C3)n[nH]2)cc1Cl. The number of aromatic nitrogens is 3. The Labute approximate surface area is 123 Å². The number of nitrogens with zero attached hydrogens (tertiary/aromatic N) is 3. The normalized spacial score (nSPS) is 19.4. The summed E-state index contributed by atoms with van der Waals surface area (Å²) >= 11 is 6.15. The van der Waals surface area contributed by atoms with Gasteiger partial charge < -0.3 is 10.6 Å². The van der Waals surface area contributed by atoms with Crippen molar-refractivity contribution in [3.8, 4) is 11.4 Å². The van der Waals surface area contributed by atoms with E-state index in [0.29, 0.717) is 5.95 Å². The maximum absolute atomic E-state index is 6.15. The lowest BCUT2D eigenvalue weighted by Crippen LogP contribution is -2.43. The molecule has 1 atom stereocenters. The Morgan fingerprint density at radius 3 is 3.05 bits per heavy atom. The van der Waals surface area contributed by atoms with E-state index in [1.54, 1.807) is 0 Å². The first kappa shape index (κ1) is 13.4. The molecule has 2 aromatic rings. The maximum Gasteiger partial charge on any atom is 0.245 e. The molecule has 0 aliphatic carbocycles. The van der Waals surface area contributed by atoms with Gasteiger partial charge in [-0.05, 0) is 31.4 Å². The van der Waals surface area contributed by atoms with Crippen molar-refractivity contribution < 1.29 is 0 Å². The molecule has 6 heteroatoms. The summed E-state index contributed by atoms with van der Waals surface area (Å²) < 4.78 is 0. The number of halogens is 1. The minimum atomic E-state index is 0.208. The molecule has 2 heterocycles. The molecule has 1 saturated heterocycles. The Morgan fingerprint density at radius 1 is 1.45 bits per heavy atom. The molecule has 0 saturated carbocycles. The molecule has 5 nitrogen and oxygen atoms in total.